The van der Waals surface area contributed by atoms with Gasteiger partial charge in [-0.25, -0.2) is 14.4 Å². The molecule has 1 aromatic heterocycles. The Labute approximate surface area is 174 Å². The van der Waals surface area contributed by atoms with Crippen molar-refractivity contribution in [2.45, 2.75) is 18.9 Å². The largest absolute Gasteiger partial charge is 0.493 e. The number of hydrogen-bond donors (Lipinski definition) is 1. The number of carbonyl (C=O) groups is 1. The number of benzene rings is 2. The lowest BCUT2D eigenvalue weighted by Gasteiger charge is -2.33. The number of methoxy groups -OCH3 is 1. The van der Waals surface area contributed by atoms with Crippen molar-refractivity contribution >= 4 is 11.9 Å². The molecule has 1 aliphatic heterocycles. The lowest BCUT2D eigenvalue weighted by atomic mass is 10.0. The number of halogens is 1. The fourth-order valence-corrected chi connectivity index (χ4v) is 3.71. The summed E-state index contributed by atoms with van der Waals surface area (Å²) in [7, 11) is 1.37. The second-order valence-corrected chi connectivity index (χ2v) is 7.19. The van der Waals surface area contributed by atoms with Crippen LogP contribution in [-0.2, 0) is 0 Å². The molecule has 2 aromatic carbocycles. The van der Waals surface area contributed by atoms with Crippen LogP contribution in [0.15, 0.2) is 60.8 Å². The van der Waals surface area contributed by atoms with Crippen molar-refractivity contribution in [3.05, 3.63) is 72.2 Å². The quantitative estimate of drug-likeness (QED) is 0.694. The Hall–Kier alpha value is -3.48. The molecule has 0 radical (unpaired) electrons. The molecule has 0 spiro atoms. The third-order valence-corrected chi connectivity index (χ3v) is 5.17. The molecular weight excluding hydrogens is 383 g/mol. The van der Waals surface area contributed by atoms with Crippen molar-refractivity contribution in [2.75, 3.05) is 25.5 Å². The first kappa shape index (κ1) is 19.8. The van der Waals surface area contributed by atoms with Crippen LogP contribution in [-0.4, -0.2) is 47.0 Å². The van der Waals surface area contributed by atoms with Gasteiger partial charge in [-0.05, 0) is 31.0 Å². The van der Waals surface area contributed by atoms with Crippen molar-refractivity contribution in [3.8, 4) is 17.0 Å². The van der Waals surface area contributed by atoms with Gasteiger partial charge in [-0.3, -0.25) is 4.79 Å². The van der Waals surface area contributed by atoms with Crippen molar-refractivity contribution in [1.82, 2.24) is 14.9 Å². The zero-order valence-corrected chi connectivity index (χ0v) is 16.7. The molecular formula is C23H23FN4O2. The Bertz CT molecular complexity index is 1030. The number of rotatable bonds is 5. The summed E-state index contributed by atoms with van der Waals surface area (Å²) in [4.78, 5) is 23.7. The Morgan fingerprint density at radius 2 is 2.00 bits per heavy atom. The van der Waals surface area contributed by atoms with Gasteiger partial charge in [0, 0.05) is 30.9 Å². The van der Waals surface area contributed by atoms with Crippen LogP contribution in [0.3, 0.4) is 0 Å². The Kier molecular flexibility index (Phi) is 5.88. The van der Waals surface area contributed by atoms with E-state index in [4.69, 9.17) is 4.74 Å². The number of nitrogens with zero attached hydrogens (tertiary/aromatic N) is 3. The fourth-order valence-electron chi connectivity index (χ4n) is 3.71. The third-order valence-electron chi connectivity index (χ3n) is 5.17. The predicted molar refractivity (Wildman–Crippen MR) is 113 cm³/mol. The monoisotopic (exact) mass is 406 g/mol. The summed E-state index contributed by atoms with van der Waals surface area (Å²) in [6, 6.07) is 16.2. The number of nitrogens with one attached hydrogen (secondary N) is 1. The van der Waals surface area contributed by atoms with Crippen molar-refractivity contribution in [3.63, 3.8) is 0 Å². The molecule has 1 saturated heterocycles. The average molecular weight is 406 g/mol. The molecule has 1 atom stereocenters. The van der Waals surface area contributed by atoms with E-state index in [1.54, 1.807) is 17.2 Å². The molecule has 2 heterocycles. The second kappa shape index (κ2) is 8.90. The van der Waals surface area contributed by atoms with Crippen molar-refractivity contribution in [1.29, 1.82) is 0 Å². The zero-order valence-electron chi connectivity index (χ0n) is 16.7. The topological polar surface area (TPSA) is 67.3 Å². The van der Waals surface area contributed by atoms with Crippen LogP contribution in [0.2, 0.25) is 0 Å². The maximum absolute atomic E-state index is 14.0. The SMILES string of the molecule is COc1c(F)cccc1C(=O)N1CCC[C@@H](Nc2nccc(-c3ccccc3)n2)C1. The van der Waals surface area contributed by atoms with Crippen LogP contribution in [0, 0.1) is 5.82 Å². The number of ether oxygens (including phenoxy) is 1. The van der Waals surface area contributed by atoms with Crippen LogP contribution in [0.5, 0.6) is 5.75 Å². The van der Waals surface area contributed by atoms with E-state index in [-0.39, 0.29) is 23.3 Å². The van der Waals surface area contributed by atoms with E-state index >= 15 is 0 Å². The normalized spacial score (nSPS) is 16.2. The fraction of sp³-hybridized carbons (Fsp3) is 0.261. The smallest absolute Gasteiger partial charge is 0.257 e. The van der Waals surface area contributed by atoms with Gasteiger partial charge in [0.25, 0.3) is 5.91 Å². The van der Waals surface area contributed by atoms with Gasteiger partial charge in [-0.15, -0.1) is 0 Å². The van der Waals surface area contributed by atoms with Crippen LogP contribution < -0.4 is 10.1 Å². The van der Waals surface area contributed by atoms with Gasteiger partial charge in [-0.1, -0.05) is 36.4 Å². The molecule has 6 nitrogen and oxygen atoms in total. The van der Waals surface area contributed by atoms with Crippen LogP contribution >= 0.6 is 0 Å². The number of carbonyl (C=O) groups excluding carboxylic acids is 1. The highest BCUT2D eigenvalue weighted by atomic mass is 19.1. The maximum atomic E-state index is 14.0. The lowest BCUT2D eigenvalue weighted by molar-refractivity contribution is 0.0710. The van der Waals surface area contributed by atoms with Crippen molar-refractivity contribution < 1.29 is 13.9 Å². The van der Waals surface area contributed by atoms with E-state index < -0.39 is 5.82 Å². The van der Waals surface area contributed by atoms with Gasteiger partial charge in [0.15, 0.2) is 11.6 Å². The molecule has 0 unspecified atom stereocenters. The molecule has 0 saturated carbocycles. The van der Waals surface area contributed by atoms with E-state index in [0.717, 1.165) is 24.1 Å². The number of para-hydroxylation sites is 1. The van der Waals surface area contributed by atoms with Crippen LogP contribution in [0.25, 0.3) is 11.3 Å². The second-order valence-electron chi connectivity index (χ2n) is 7.19. The predicted octanol–water partition coefficient (Wildman–Crippen LogP) is 4.01. The van der Waals surface area contributed by atoms with E-state index in [1.165, 1.54) is 19.2 Å². The zero-order chi connectivity index (χ0) is 20.9. The number of aromatic nitrogens is 2. The highest BCUT2D eigenvalue weighted by molar-refractivity contribution is 5.97. The van der Waals surface area contributed by atoms with Gasteiger partial charge in [-0.2, -0.15) is 0 Å². The van der Waals surface area contributed by atoms with Crippen LogP contribution in [0.1, 0.15) is 23.2 Å². The average Bonchev–Trinajstić information content (AvgIpc) is 2.79. The molecule has 1 aliphatic rings. The summed E-state index contributed by atoms with van der Waals surface area (Å²) >= 11 is 0. The minimum absolute atomic E-state index is 0.00766. The molecule has 1 fully saturated rings. The molecule has 4 rings (SSSR count). The minimum atomic E-state index is -0.541. The van der Waals surface area contributed by atoms with Gasteiger partial charge in [0.2, 0.25) is 5.95 Å². The molecule has 3 aromatic rings. The number of likely N-dealkylation sites (tertiary alicyclic amines) is 1. The maximum Gasteiger partial charge on any atom is 0.257 e. The van der Waals surface area contributed by atoms with Crippen molar-refractivity contribution in [2.24, 2.45) is 0 Å². The van der Waals surface area contributed by atoms with Gasteiger partial charge in [0.05, 0.1) is 18.4 Å². The van der Waals surface area contributed by atoms with E-state index in [9.17, 15) is 9.18 Å². The van der Waals surface area contributed by atoms with Gasteiger partial charge >= 0.3 is 0 Å². The summed E-state index contributed by atoms with van der Waals surface area (Å²) in [5.74, 6) is -0.270. The molecule has 1 N–H and O–H groups in total. The number of piperidine rings is 1. The van der Waals surface area contributed by atoms with E-state index in [2.05, 4.69) is 15.3 Å². The molecule has 0 bridgehead atoms. The number of hydrogen-bond acceptors (Lipinski definition) is 5. The summed E-state index contributed by atoms with van der Waals surface area (Å²) in [6.07, 6.45) is 3.45. The summed E-state index contributed by atoms with van der Waals surface area (Å²) in [6.45, 7) is 1.10. The first-order valence-corrected chi connectivity index (χ1v) is 9.92. The molecule has 1 amide bonds. The number of anilines is 1. The third kappa shape index (κ3) is 4.25. The Morgan fingerprint density at radius 3 is 2.80 bits per heavy atom. The van der Waals surface area contributed by atoms with E-state index in [1.807, 2.05) is 36.4 Å². The molecule has 0 aliphatic carbocycles. The van der Waals surface area contributed by atoms with Gasteiger partial charge in [0.1, 0.15) is 0 Å². The minimum Gasteiger partial charge on any atom is -0.493 e. The summed E-state index contributed by atoms with van der Waals surface area (Å²) in [5.41, 5.74) is 2.09. The van der Waals surface area contributed by atoms with Crippen LogP contribution in [0.4, 0.5) is 10.3 Å². The van der Waals surface area contributed by atoms with Gasteiger partial charge < -0.3 is 15.0 Å². The first-order valence-electron chi connectivity index (χ1n) is 9.92. The summed E-state index contributed by atoms with van der Waals surface area (Å²) in [5, 5.41) is 3.35. The molecule has 7 heteroatoms. The van der Waals surface area contributed by atoms with E-state index in [0.29, 0.717) is 19.0 Å². The summed E-state index contributed by atoms with van der Waals surface area (Å²) < 4.78 is 19.1. The number of amides is 1. The Balaban J connectivity index is 1.48. The molecule has 30 heavy (non-hydrogen) atoms. The first-order chi connectivity index (χ1) is 14.7. The Morgan fingerprint density at radius 1 is 1.17 bits per heavy atom. The highest BCUT2D eigenvalue weighted by Crippen LogP contribution is 2.25. The lowest BCUT2D eigenvalue weighted by Crippen LogP contribution is -2.45. The molecule has 154 valence electrons. The standard InChI is InChI=1S/C23H23FN4O2/c1-30-21-18(10-5-11-19(21)24)22(29)28-14-6-9-17(15-28)26-23-25-13-12-20(27-23)16-7-3-2-4-8-16/h2-5,7-8,10-13,17H,6,9,14-15H2,1H3,(H,25,26,27)/t17-/m1/s1. The highest BCUT2D eigenvalue weighted by Gasteiger charge is 2.27.